The maximum Gasteiger partial charge on any atom is 0.207 e. The van der Waals surface area contributed by atoms with Gasteiger partial charge in [-0.3, -0.25) is 0 Å². The van der Waals surface area contributed by atoms with E-state index in [2.05, 4.69) is 40.1 Å². The average Bonchev–Trinajstić information content (AvgIpc) is 2.72. The summed E-state index contributed by atoms with van der Waals surface area (Å²) in [5.74, 6) is -0.131. The van der Waals surface area contributed by atoms with Crippen LogP contribution in [0.15, 0.2) is 29.0 Å². The molecule has 0 aliphatic heterocycles. The first-order valence-corrected chi connectivity index (χ1v) is 6.69. The van der Waals surface area contributed by atoms with Crippen LogP contribution in [0.1, 0.15) is 13.8 Å². The molecule has 0 saturated carbocycles. The minimum atomic E-state index is -0.535. The first-order valence-electron chi connectivity index (χ1n) is 5.90. The first kappa shape index (κ1) is 14.0. The number of hydrogen-bond donors (Lipinski definition) is 1. The van der Waals surface area contributed by atoms with Crippen LogP contribution in [0.3, 0.4) is 0 Å². The van der Waals surface area contributed by atoms with Gasteiger partial charge in [-0.15, -0.1) is 0 Å². The number of nitrogens with zero attached hydrogens (tertiary/aromatic N) is 2. The van der Waals surface area contributed by atoms with Crippen LogP contribution in [0, 0.1) is 17.6 Å². The lowest BCUT2D eigenvalue weighted by Gasteiger charge is -2.12. The van der Waals surface area contributed by atoms with E-state index in [9.17, 15) is 8.78 Å². The Labute approximate surface area is 118 Å². The Hall–Kier alpha value is -1.43. The van der Waals surface area contributed by atoms with Crippen molar-refractivity contribution in [1.29, 1.82) is 0 Å². The zero-order chi connectivity index (χ0) is 14.0. The Kier molecular flexibility index (Phi) is 4.19. The Balaban J connectivity index is 2.26. The van der Waals surface area contributed by atoms with Gasteiger partial charge < -0.3 is 9.88 Å². The number of rotatable bonds is 4. The van der Waals surface area contributed by atoms with E-state index in [-0.39, 0.29) is 10.2 Å². The van der Waals surface area contributed by atoms with Gasteiger partial charge in [0.1, 0.15) is 11.6 Å². The predicted octanol–water partition coefficient (Wildman–Crippen LogP) is 4.32. The molecule has 0 saturated heterocycles. The number of aromatic nitrogens is 2. The lowest BCUT2D eigenvalue weighted by atomic mass is 10.2. The van der Waals surface area contributed by atoms with Crippen molar-refractivity contribution in [2.75, 3.05) is 5.32 Å². The largest absolute Gasteiger partial charge is 0.323 e. The van der Waals surface area contributed by atoms with Gasteiger partial charge in [0.25, 0.3) is 0 Å². The lowest BCUT2D eigenvalue weighted by molar-refractivity contribution is 0.527. The molecule has 1 N–H and O–H groups in total. The third kappa shape index (κ3) is 3.32. The molecule has 2 rings (SSSR count). The van der Waals surface area contributed by atoms with Gasteiger partial charge in [0.2, 0.25) is 5.95 Å². The summed E-state index contributed by atoms with van der Waals surface area (Å²) in [6.45, 7) is 4.90. The van der Waals surface area contributed by atoms with E-state index >= 15 is 0 Å². The van der Waals surface area contributed by atoms with Crippen molar-refractivity contribution >= 4 is 27.6 Å². The van der Waals surface area contributed by atoms with E-state index in [1.165, 1.54) is 0 Å². The van der Waals surface area contributed by atoms with Crippen LogP contribution < -0.4 is 5.32 Å². The van der Waals surface area contributed by atoms with E-state index in [1.54, 1.807) is 12.4 Å². The smallest absolute Gasteiger partial charge is 0.207 e. The van der Waals surface area contributed by atoms with Crippen LogP contribution >= 0.6 is 15.9 Å². The summed E-state index contributed by atoms with van der Waals surface area (Å²) in [5, 5.41) is 2.81. The van der Waals surface area contributed by atoms with Crippen LogP contribution in [0.2, 0.25) is 0 Å². The SMILES string of the molecule is CC(C)Cn1ccnc1Nc1cc(F)c(Br)cc1F. The summed E-state index contributed by atoms with van der Waals surface area (Å²) >= 11 is 2.94. The van der Waals surface area contributed by atoms with Crippen molar-refractivity contribution in [3.8, 4) is 0 Å². The minimum absolute atomic E-state index is 0.0666. The second-order valence-corrected chi connectivity index (χ2v) is 5.52. The second-order valence-electron chi connectivity index (χ2n) is 4.67. The highest BCUT2D eigenvalue weighted by molar-refractivity contribution is 9.10. The quantitative estimate of drug-likeness (QED) is 0.846. The van der Waals surface area contributed by atoms with Crippen LogP contribution in [0.5, 0.6) is 0 Å². The van der Waals surface area contributed by atoms with E-state index < -0.39 is 11.6 Å². The van der Waals surface area contributed by atoms with Gasteiger partial charge in [0, 0.05) is 25.0 Å². The Morgan fingerprint density at radius 1 is 1.32 bits per heavy atom. The van der Waals surface area contributed by atoms with Crippen molar-refractivity contribution in [3.05, 3.63) is 40.6 Å². The van der Waals surface area contributed by atoms with E-state index in [0.29, 0.717) is 11.9 Å². The van der Waals surface area contributed by atoms with Gasteiger partial charge in [-0.2, -0.15) is 0 Å². The van der Waals surface area contributed by atoms with Crippen molar-refractivity contribution in [1.82, 2.24) is 9.55 Å². The van der Waals surface area contributed by atoms with Crippen LogP contribution in [-0.2, 0) is 6.54 Å². The zero-order valence-corrected chi connectivity index (χ0v) is 12.2. The molecule has 1 heterocycles. The van der Waals surface area contributed by atoms with Crippen LogP contribution in [0.4, 0.5) is 20.4 Å². The maximum absolute atomic E-state index is 13.7. The second kappa shape index (κ2) is 5.69. The molecule has 19 heavy (non-hydrogen) atoms. The maximum atomic E-state index is 13.7. The Bertz CT molecular complexity index is 581. The van der Waals surface area contributed by atoms with Gasteiger partial charge in [-0.1, -0.05) is 13.8 Å². The molecular formula is C13H14BrF2N3. The molecule has 1 aromatic carbocycles. The topological polar surface area (TPSA) is 29.9 Å². The molecular weight excluding hydrogens is 316 g/mol. The highest BCUT2D eigenvalue weighted by Gasteiger charge is 2.11. The van der Waals surface area contributed by atoms with E-state index in [1.807, 2.05) is 4.57 Å². The van der Waals surface area contributed by atoms with Gasteiger partial charge in [-0.25, -0.2) is 13.8 Å². The summed E-state index contributed by atoms with van der Waals surface area (Å²) in [6.07, 6.45) is 3.42. The number of hydrogen-bond acceptors (Lipinski definition) is 2. The fourth-order valence-corrected chi connectivity index (χ4v) is 2.03. The van der Waals surface area contributed by atoms with Crippen molar-refractivity contribution in [3.63, 3.8) is 0 Å². The van der Waals surface area contributed by atoms with E-state index in [0.717, 1.165) is 18.7 Å². The first-order chi connectivity index (χ1) is 8.97. The molecule has 0 aliphatic rings. The molecule has 0 fully saturated rings. The Morgan fingerprint density at radius 3 is 2.74 bits per heavy atom. The molecule has 0 aliphatic carbocycles. The summed E-state index contributed by atoms with van der Waals surface area (Å²) in [5.41, 5.74) is 0.0666. The monoisotopic (exact) mass is 329 g/mol. The third-order valence-corrected chi connectivity index (χ3v) is 3.14. The van der Waals surface area contributed by atoms with Gasteiger partial charge in [0.05, 0.1) is 10.2 Å². The molecule has 102 valence electrons. The summed E-state index contributed by atoms with van der Waals surface area (Å²) in [4.78, 5) is 4.11. The van der Waals surface area contributed by atoms with Crippen molar-refractivity contribution in [2.24, 2.45) is 5.92 Å². The molecule has 0 amide bonds. The third-order valence-electron chi connectivity index (χ3n) is 2.53. The number of benzene rings is 1. The van der Waals surface area contributed by atoms with Gasteiger partial charge in [-0.05, 0) is 27.9 Å². The molecule has 0 bridgehead atoms. The molecule has 0 atom stereocenters. The lowest BCUT2D eigenvalue weighted by Crippen LogP contribution is -2.08. The average molecular weight is 330 g/mol. The number of halogens is 3. The standard InChI is InChI=1S/C13H14BrF2N3/c1-8(2)7-19-4-3-17-13(19)18-12-6-10(15)9(14)5-11(12)16/h3-6,8H,7H2,1-2H3,(H,17,18). The number of imidazole rings is 1. The molecule has 0 spiro atoms. The van der Waals surface area contributed by atoms with Crippen molar-refractivity contribution in [2.45, 2.75) is 20.4 Å². The number of nitrogens with one attached hydrogen (secondary N) is 1. The molecule has 1 aromatic heterocycles. The fourth-order valence-electron chi connectivity index (χ4n) is 1.71. The Morgan fingerprint density at radius 2 is 2.05 bits per heavy atom. The highest BCUT2D eigenvalue weighted by Crippen LogP contribution is 2.25. The molecule has 0 radical (unpaired) electrons. The molecule has 2 aromatic rings. The van der Waals surface area contributed by atoms with Crippen molar-refractivity contribution < 1.29 is 8.78 Å². The van der Waals surface area contributed by atoms with Crippen LogP contribution in [0.25, 0.3) is 0 Å². The molecule has 3 nitrogen and oxygen atoms in total. The normalized spacial score (nSPS) is 11.1. The summed E-state index contributed by atoms with van der Waals surface area (Å²) in [6, 6.07) is 2.20. The predicted molar refractivity (Wildman–Crippen MR) is 74.4 cm³/mol. The van der Waals surface area contributed by atoms with Crippen LogP contribution in [-0.4, -0.2) is 9.55 Å². The zero-order valence-electron chi connectivity index (χ0n) is 10.6. The molecule has 6 heteroatoms. The van der Waals surface area contributed by atoms with Gasteiger partial charge >= 0.3 is 0 Å². The number of anilines is 2. The highest BCUT2D eigenvalue weighted by atomic mass is 79.9. The minimum Gasteiger partial charge on any atom is -0.323 e. The fraction of sp³-hybridized carbons (Fsp3) is 0.308. The summed E-state index contributed by atoms with van der Waals surface area (Å²) < 4.78 is 29.1. The molecule has 0 unspecified atom stereocenters. The summed E-state index contributed by atoms with van der Waals surface area (Å²) in [7, 11) is 0. The van der Waals surface area contributed by atoms with E-state index in [4.69, 9.17) is 0 Å². The van der Waals surface area contributed by atoms with Gasteiger partial charge in [0.15, 0.2) is 0 Å².